The maximum atomic E-state index is 12.7. The third-order valence-corrected chi connectivity index (χ3v) is 6.07. The number of fused-ring (bicyclic) bond motifs is 1. The Kier molecular flexibility index (Phi) is 7.80. The van der Waals surface area contributed by atoms with Crippen molar-refractivity contribution in [1.82, 2.24) is 5.32 Å². The highest BCUT2D eigenvalue weighted by Gasteiger charge is 2.14. The fourth-order valence-corrected chi connectivity index (χ4v) is 4.10. The van der Waals surface area contributed by atoms with Crippen molar-refractivity contribution in [3.05, 3.63) is 114 Å². The van der Waals surface area contributed by atoms with Crippen LogP contribution in [0.3, 0.4) is 0 Å². The zero-order chi connectivity index (χ0) is 26.4. The Labute approximate surface area is 222 Å². The van der Waals surface area contributed by atoms with Crippen LogP contribution in [0.5, 0.6) is 0 Å². The summed E-state index contributed by atoms with van der Waals surface area (Å²) in [5, 5.41) is 10.9. The molecule has 0 bridgehead atoms. The molecule has 0 saturated heterocycles. The second-order valence-corrected chi connectivity index (χ2v) is 10.1. The van der Waals surface area contributed by atoms with Gasteiger partial charge >= 0.3 is 0 Å². The van der Waals surface area contributed by atoms with E-state index in [0.717, 1.165) is 21.9 Å². The van der Waals surface area contributed by atoms with Gasteiger partial charge in [0.05, 0.1) is 0 Å². The third kappa shape index (κ3) is 6.90. The van der Waals surface area contributed by atoms with Crippen LogP contribution in [-0.4, -0.2) is 16.9 Å². The molecule has 3 N–H and O–H groups in total. The Balaban J connectivity index is 1.34. The van der Waals surface area contributed by atoms with Gasteiger partial charge in [-0.1, -0.05) is 81.4 Å². The van der Waals surface area contributed by atoms with Crippen LogP contribution in [0.4, 0.5) is 11.4 Å². The second-order valence-electron chi connectivity index (χ2n) is 9.71. The molecule has 186 valence electrons. The molecule has 0 saturated carbocycles. The Hall–Kier alpha value is -4.29. The molecule has 37 heavy (non-hydrogen) atoms. The van der Waals surface area contributed by atoms with E-state index in [9.17, 15) is 9.59 Å². The fourth-order valence-electron chi connectivity index (χ4n) is 3.88. The third-order valence-electron chi connectivity index (χ3n) is 5.87. The molecule has 0 heterocycles. The van der Waals surface area contributed by atoms with Crippen LogP contribution < -0.4 is 16.0 Å². The van der Waals surface area contributed by atoms with Gasteiger partial charge in [0.2, 0.25) is 5.91 Å². The van der Waals surface area contributed by atoms with E-state index in [1.54, 1.807) is 30.3 Å². The first-order chi connectivity index (χ1) is 17.7. The first-order valence-corrected chi connectivity index (χ1v) is 12.4. The van der Waals surface area contributed by atoms with E-state index < -0.39 is 0 Å². The molecule has 5 nitrogen and oxygen atoms in total. The lowest BCUT2D eigenvalue weighted by Crippen LogP contribution is -2.32. The van der Waals surface area contributed by atoms with Crippen molar-refractivity contribution in [2.75, 3.05) is 10.6 Å². The molecule has 0 aliphatic rings. The molecule has 2 amide bonds. The van der Waals surface area contributed by atoms with Gasteiger partial charge in [-0.05, 0) is 75.9 Å². The van der Waals surface area contributed by atoms with Crippen LogP contribution in [0.15, 0.2) is 97.1 Å². The number of thiocarbonyl (C=S) groups is 1. The number of anilines is 2. The van der Waals surface area contributed by atoms with Crippen LogP contribution in [0.25, 0.3) is 16.8 Å². The highest BCUT2D eigenvalue weighted by molar-refractivity contribution is 7.80. The van der Waals surface area contributed by atoms with Crippen LogP contribution in [0.2, 0.25) is 0 Å². The normalized spacial score (nSPS) is 11.3. The topological polar surface area (TPSA) is 70.2 Å². The lowest BCUT2D eigenvalue weighted by atomic mass is 9.87. The molecule has 6 heteroatoms. The van der Waals surface area contributed by atoms with E-state index in [1.165, 1.54) is 6.08 Å². The summed E-state index contributed by atoms with van der Waals surface area (Å²) in [6, 6.07) is 28.7. The minimum Gasteiger partial charge on any atom is -0.332 e. The summed E-state index contributed by atoms with van der Waals surface area (Å²) in [4.78, 5) is 25.1. The summed E-state index contributed by atoms with van der Waals surface area (Å²) in [6.07, 6.45) is 3.22. The van der Waals surface area contributed by atoms with Gasteiger partial charge in [0.1, 0.15) is 0 Å². The molecule has 0 radical (unpaired) electrons. The zero-order valence-corrected chi connectivity index (χ0v) is 21.9. The molecule has 0 spiro atoms. The number of hydrogen-bond donors (Lipinski definition) is 3. The SMILES string of the molecule is CC(C)(C)c1ccc(C(=O)Nc2cccc(NC(=S)NC(=O)/C=C/c3cccc4ccccc34)c2)cc1. The van der Waals surface area contributed by atoms with E-state index >= 15 is 0 Å². The number of hydrogen-bond acceptors (Lipinski definition) is 3. The Morgan fingerprint density at radius 1 is 0.784 bits per heavy atom. The van der Waals surface area contributed by atoms with Gasteiger partial charge in [-0.15, -0.1) is 0 Å². The molecule has 4 aromatic rings. The Morgan fingerprint density at radius 3 is 2.16 bits per heavy atom. The van der Waals surface area contributed by atoms with E-state index in [1.807, 2.05) is 66.7 Å². The maximum absolute atomic E-state index is 12.7. The lowest BCUT2D eigenvalue weighted by Gasteiger charge is -2.19. The highest BCUT2D eigenvalue weighted by Crippen LogP contribution is 2.23. The van der Waals surface area contributed by atoms with Gasteiger partial charge < -0.3 is 10.6 Å². The first-order valence-electron chi connectivity index (χ1n) is 12.0. The van der Waals surface area contributed by atoms with Gasteiger partial charge in [0.25, 0.3) is 5.91 Å². The van der Waals surface area contributed by atoms with E-state index in [2.05, 4.69) is 36.7 Å². The first kappa shape index (κ1) is 25.8. The summed E-state index contributed by atoms with van der Waals surface area (Å²) < 4.78 is 0. The van der Waals surface area contributed by atoms with E-state index in [-0.39, 0.29) is 22.3 Å². The molecule has 0 aliphatic carbocycles. The number of rotatable bonds is 5. The maximum Gasteiger partial charge on any atom is 0.255 e. The van der Waals surface area contributed by atoms with Crippen LogP contribution >= 0.6 is 12.2 Å². The van der Waals surface area contributed by atoms with Crippen molar-refractivity contribution in [3.63, 3.8) is 0 Å². The summed E-state index contributed by atoms with van der Waals surface area (Å²) in [6.45, 7) is 6.40. The average molecular weight is 508 g/mol. The standard InChI is InChI=1S/C31H29N3O2S/c1-31(2,3)24-17-14-23(15-18-24)29(36)32-25-11-7-12-26(20-25)33-30(37)34-28(35)19-16-22-10-6-9-21-8-4-5-13-27(21)22/h4-20H,1-3H3,(H,32,36)(H2,33,34,35,37)/b19-16+. The minimum atomic E-state index is -0.339. The number of benzene rings is 4. The quantitative estimate of drug-likeness (QED) is 0.203. The smallest absolute Gasteiger partial charge is 0.255 e. The predicted molar refractivity (Wildman–Crippen MR) is 157 cm³/mol. The summed E-state index contributed by atoms with van der Waals surface area (Å²) in [5.41, 5.74) is 3.96. The molecule has 0 fully saturated rings. The molecular formula is C31H29N3O2S. The van der Waals surface area contributed by atoms with Gasteiger partial charge in [-0.2, -0.15) is 0 Å². The Bertz CT molecular complexity index is 1480. The molecule has 0 unspecified atom stereocenters. The van der Waals surface area contributed by atoms with Crippen LogP contribution in [0, 0.1) is 0 Å². The van der Waals surface area contributed by atoms with Gasteiger partial charge in [0.15, 0.2) is 5.11 Å². The van der Waals surface area contributed by atoms with Crippen molar-refractivity contribution >= 4 is 57.4 Å². The van der Waals surface area contributed by atoms with Crippen LogP contribution in [-0.2, 0) is 10.2 Å². The summed E-state index contributed by atoms with van der Waals surface area (Å²) in [7, 11) is 0. The van der Waals surface area contributed by atoms with E-state index in [0.29, 0.717) is 16.9 Å². The van der Waals surface area contributed by atoms with Gasteiger partial charge in [-0.25, -0.2) is 0 Å². The summed E-state index contributed by atoms with van der Waals surface area (Å²) in [5.74, 6) is -0.541. The molecule has 4 aromatic carbocycles. The van der Waals surface area contributed by atoms with Crippen molar-refractivity contribution in [2.45, 2.75) is 26.2 Å². The van der Waals surface area contributed by atoms with Crippen molar-refractivity contribution < 1.29 is 9.59 Å². The number of carbonyl (C=O) groups excluding carboxylic acids is 2. The number of amides is 2. The van der Waals surface area contributed by atoms with E-state index in [4.69, 9.17) is 12.2 Å². The number of carbonyl (C=O) groups is 2. The van der Waals surface area contributed by atoms with Crippen molar-refractivity contribution in [3.8, 4) is 0 Å². The molecule has 0 aliphatic heterocycles. The predicted octanol–water partition coefficient (Wildman–Crippen LogP) is 6.92. The average Bonchev–Trinajstić information content (AvgIpc) is 2.87. The molecular weight excluding hydrogens is 478 g/mol. The van der Waals surface area contributed by atoms with Crippen LogP contribution in [0.1, 0.15) is 42.3 Å². The Morgan fingerprint density at radius 2 is 1.43 bits per heavy atom. The molecule has 0 atom stereocenters. The van der Waals surface area contributed by atoms with Crippen molar-refractivity contribution in [2.24, 2.45) is 0 Å². The number of nitrogens with one attached hydrogen (secondary N) is 3. The van der Waals surface area contributed by atoms with Crippen molar-refractivity contribution in [1.29, 1.82) is 0 Å². The monoisotopic (exact) mass is 507 g/mol. The summed E-state index contributed by atoms with van der Waals surface area (Å²) >= 11 is 5.31. The fraction of sp³-hybridized carbons (Fsp3) is 0.129. The van der Waals surface area contributed by atoms with Gasteiger partial charge in [-0.3, -0.25) is 14.9 Å². The zero-order valence-electron chi connectivity index (χ0n) is 21.0. The largest absolute Gasteiger partial charge is 0.332 e. The highest BCUT2D eigenvalue weighted by atomic mass is 32.1. The molecule has 4 rings (SSSR count). The molecule has 0 aromatic heterocycles. The lowest BCUT2D eigenvalue weighted by molar-refractivity contribution is -0.115. The minimum absolute atomic E-state index is 0.0224. The van der Waals surface area contributed by atoms with Gasteiger partial charge in [0, 0.05) is 23.0 Å². The second kappa shape index (κ2) is 11.2.